The highest BCUT2D eigenvalue weighted by Crippen LogP contribution is 2.13. The van der Waals surface area contributed by atoms with Crippen LogP contribution in [-0.2, 0) is 9.47 Å². The predicted molar refractivity (Wildman–Crippen MR) is 91.7 cm³/mol. The standard InChI is InChI=1S/C19H32O3/c1-2-3-13-18(20)14-9-7-5-4-6-8-11-16-21-19-15-10-12-17-22-19/h3,5,7-8,11,13,18-20H,2,4,6,9-10,12,14-17H2,1H3. The maximum absolute atomic E-state index is 9.63. The molecule has 0 aromatic carbocycles. The normalized spacial score (nSPS) is 21.3. The molecule has 126 valence electrons. The lowest BCUT2D eigenvalue weighted by atomic mass is 10.1. The van der Waals surface area contributed by atoms with Crippen molar-refractivity contribution in [3.63, 3.8) is 0 Å². The molecule has 2 atom stereocenters. The summed E-state index contributed by atoms with van der Waals surface area (Å²) in [6.07, 6.45) is 20.4. The molecule has 0 aromatic rings. The van der Waals surface area contributed by atoms with Crippen molar-refractivity contribution in [2.45, 2.75) is 70.7 Å². The van der Waals surface area contributed by atoms with Gasteiger partial charge in [-0.25, -0.2) is 0 Å². The van der Waals surface area contributed by atoms with E-state index in [1.54, 1.807) is 0 Å². The molecule has 22 heavy (non-hydrogen) atoms. The van der Waals surface area contributed by atoms with Crippen molar-refractivity contribution in [3.05, 3.63) is 36.5 Å². The number of allylic oxidation sites excluding steroid dienone is 4. The van der Waals surface area contributed by atoms with Gasteiger partial charge in [-0.05, 0) is 51.4 Å². The molecule has 1 fully saturated rings. The Labute approximate surface area is 135 Å². The zero-order valence-corrected chi connectivity index (χ0v) is 14.0. The van der Waals surface area contributed by atoms with Gasteiger partial charge in [-0.15, -0.1) is 0 Å². The summed E-state index contributed by atoms with van der Waals surface area (Å²) in [5.41, 5.74) is 0. The van der Waals surface area contributed by atoms with Crippen molar-refractivity contribution in [2.24, 2.45) is 0 Å². The van der Waals surface area contributed by atoms with Gasteiger partial charge in [0.15, 0.2) is 6.29 Å². The molecular weight excluding hydrogens is 276 g/mol. The van der Waals surface area contributed by atoms with E-state index in [0.717, 1.165) is 51.6 Å². The number of hydrogen-bond donors (Lipinski definition) is 1. The Morgan fingerprint density at radius 2 is 1.86 bits per heavy atom. The number of aliphatic hydroxyl groups is 1. The Morgan fingerprint density at radius 3 is 2.59 bits per heavy atom. The zero-order chi connectivity index (χ0) is 15.9. The Morgan fingerprint density at radius 1 is 1.09 bits per heavy atom. The smallest absolute Gasteiger partial charge is 0.157 e. The second kappa shape index (κ2) is 13.7. The molecule has 1 saturated heterocycles. The maximum Gasteiger partial charge on any atom is 0.157 e. The quantitative estimate of drug-likeness (QED) is 0.450. The van der Waals surface area contributed by atoms with Crippen molar-refractivity contribution >= 4 is 0 Å². The lowest BCUT2D eigenvalue weighted by molar-refractivity contribution is -0.155. The van der Waals surface area contributed by atoms with Crippen LogP contribution in [0.25, 0.3) is 0 Å². The maximum atomic E-state index is 9.63. The summed E-state index contributed by atoms with van der Waals surface area (Å²) in [4.78, 5) is 0. The first-order valence-corrected chi connectivity index (χ1v) is 8.71. The van der Waals surface area contributed by atoms with Crippen molar-refractivity contribution in [3.8, 4) is 0 Å². The van der Waals surface area contributed by atoms with Gasteiger partial charge >= 0.3 is 0 Å². The van der Waals surface area contributed by atoms with Gasteiger partial charge in [-0.2, -0.15) is 0 Å². The molecule has 0 spiro atoms. The van der Waals surface area contributed by atoms with Gasteiger partial charge in [0.1, 0.15) is 0 Å². The molecule has 1 N–H and O–H groups in total. The Hall–Kier alpha value is -0.900. The average molecular weight is 308 g/mol. The van der Waals surface area contributed by atoms with Crippen molar-refractivity contribution in [2.75, 3.05) is 13.2 Å². The van der Waals surface area contributed by atoms with E-state index in [0.29, 0.717) is 6.61 Å². The zero-order valence-electron chi connectivity index (χ0n) is 14.0. The van der Waals surface area contributed by atoms with Crippen LogP contribution in [0, 0.1) is 0 Å². The number of hydrogen-bond acceptors (Lipinski definition) is 3. The number of aliphatic hydroxyl groups excluding tert-OH is 1. The van der Waals surface area contributed by atoms with E-state index in [1.165, 1.54) is 6.42 Å². The number of unbranched alkanes of at least 4 members (excludes halogenated alkanes) is 1. The fourth-order valence-electron chi connectivity index (χ4n) is 2.28. The highest BCUT2D eigenvalue weighted by Gasteiger charge is 2.12. The monoisotopic (exact) mass is 308 g/mol. The van der Waals surface area contributed by atoms with Crippen LogP contribution in [0.2, 0.25) is 0 Å². The fourth-order valence-corrected chi connectivity index (χ4v) is 2.28. The molecule has 0 aliphatic carbocycles. The fraction of sp³-hybridized carbons (Fsp3) is 0.684. The van der Waals surface area contributed by atoms with Gasteiger partial charge in [0.2, 0.25) is 0 Å². The highest BCUT2D eigenvalue weighted by molar-refractivity contribution is 4.91. The van der Waals surface area contributed by atoms with E-state index in [-0.39, 0.29) is 12.4 Å². The van der Waals surface area contributed by atoms with Crippen molar-refractivity contribution in [1.29, 1.82) is 0 Å². The minimum Gasteiger partial charge on any atom is -0.389 e. The summed E-state index contributed by atoms with van der Waals surface area (Å²) in [6.45, 7) is 3.55. The summed E-state index contributed by atoms with van der Waals surface area (Å²) in [7, 11) is 0. The molecular formula is C19H32O3. The molecule has 0 radical (unpaired) electrons. The number of ether oxygens (including phenoxy) is 2. The summed E-state index contributed by atoms with van der Waals surface area (Å²) < 4.78 is 11.1. The van der Waals surface area contributed by atoms with Crippen molar-refractivity contribution < 1.29 is 14.6 Å². The molecule has 0 saturated carbocycles. The van der Waals surface area contributed by atoms with Gasteiger partial charge in [0.25, 0.3) is 0 Å². The first-order chi connectivity index (χ1) is 10.8. The minimum atomic E-state index is -0.302. The van der Waals surface area contributed by atoms with E-state index in [9.17, 15) is 5.11 Å². The molecule has 3 heteroatoms. The van der Waals surface area contributed by atoms with E-state index in [1.807, 2.05) is 12.2 Å². The van der Waals surface area contributed by atoms with Gasteiger partial charge < -0.3 is 14.6 Å². The largest absolute Gasteiger partial charge is 0.389 e. The Balaban J connectivity index is 1.92. The van der Waals surface area contributed by atoms with Crippen LogP contribution in [0.3, 0.4) is 0 Å². The van der Waals surface area contributed by atoms with Gasteiger partial charge in [0, 0.05) is 6.61 Å². The lowest BCUT2D eigenvalue weighted by Crippen LogP contribution is -2.22. The van der Waals surface area contributed by atoms with Crippen LogP contribution in [0.5, 0.6) is 0 Å². The lowest BCUT2D eigenvalue weighted by Gasteiger charge is -2.21. The summed E-state index contributed by atoms with van der Waals surface area (Å²) in [5.74, 6) is 0. The second-order valence-electron chi connectivity index (χ2n) is 5.63. The predicted octanol–water partition coefficient (Wildman–Crippen LogP) is 4.53. The van der Waals surface area contributed by atoms with Crippen LogP contribution in [0.4, 0.5) is 0 Å². The molecule has 1 aliphatic heterocycles. The summed E-state index contributed by atoms with van der Waals surface area (Å²) in [5, 5.41) is 9.63. The van der Waals surface area contributed by atoms with Gasteiger partial charge in [0.05, 0.1) is 12.7 Å². The van der Waals surface area contributed by atoms with E-state index < -0.39 is 0 Å². The Kier molecular flexibility index (Phi) is 12.0. The van der Waals surface area contributed by atoms with Crippen LogP contribution in [0.15, 0.2) is 36.5 Å². The number of rotatable bonds is 11. The van der Waals surface area contributed by atoms with Crippen LogP contribution < -0.4 is 0 Å². The molecule has 3 nitrogen and oxygen atoms in total. The van der Waals surface area contributed by atoms with E-state index in [4.69, 9.17) is 9.47 Å². The molecule has 1 rings (SSSR count). The third kappa shape index (κ3) is 10.8. The first kappa shape index (κ1) is 19.1. The van der Waals surface area contributed by atoms with Crippen LogP contribution >= 0.6 is 0 Å². The molecule has 1 aliphatic rings. The van der Waals surface area contributed by atoms with Crippen molar-refractivity contribution in [1.82, 2.24) is 0 Å². The molecule has 1 heterocycles. The van der Waals surface area contributed by atoms with E-state index in [2.05, 4.69) is 31.2 Å². The van der Waals surface area contributed by atoms with Gasteiger partial charge in [-0.3, -0.25) is 0 Å². The highest BCUT2D eigenvalue weighted by atomic mass is 16.7. The average Bonchev–Trinajstić information content (AvgIpc) is 2.55. The summed E-state index contributed by atoms with van der Waals surface area (Å²) >= 11 is 0. The second-order valence-corrected chi connectivity index (χ2v) is 5.63. The SMILES string of the molecule is CCC=CC(O)CCC=CCCC=CCOC1CCCCO1. The molecule has 0 amide bonds. The van der Waals surface area contributed by atoms with Crippen LogP contribution in [0.1, 0.15) is 58.3 Å². The Bertz CT molecular complexity index is 328. The molecule has 2 unspecified atom stereocenters. The van der Waals surface area contributed by atoms with E-state index >= 15 is 0 Å². The topological polar surface area (TPSA) is 38.7 Å². The minimum absolute atomic E-state index is 0.00600. The third-order valence-electron chi connectivity index (χ3n) is 3.57. The van der Waals surface area contributed by atoms with Crippen LogP contribution in [-0.4, -0.2) is 30.7 Å². The van der Waals surface area contributed by atoms with Gasteiger partial charge in [-0.1, -0.05) is 43.4 Å². The first-order valence-electron chi connectivity index (χ1n) is 8.71. The molecule has 0 aromatic heterocycles. The summed E-state index contributed by atoms with van der Waals surface area (Å²) in [6, 6.07) is 0. The molecule has 0 bridgehead atoms. The third-order valence-corrected chi connectivity index (χ3v) is 3.57.